The van der Waals surface area contributed by atoms with Crippen molar-refractivity contribution in [3.8, 4) is 5.75 Å². The number of halogens is 1. The standard InChI is InChI=1S/C19H22FNO3S/c1-13(2)25(22,23)21-17-9-14-7-8-18(11-16(14)10-17)24-12-15-5-3-4-6-19(15)20/h3-8,11,13,17,21H,9-10,12H2,1-2H3/t17-/m0/s1. The molecule has 0 spiro atoms. The number of ether oxygens (including phenoxy) is 1. The Labute approximate surface area is 148 Å². The van der Waals surface area contributed by atoms with Crippen LogP contribution in [0.15, 0.2) is 42.5 Å². The SMILES string of the molecule is CC(C)S(=O)(=O)N[C@H]1Cc2ccc(OCc3ccccc3F)cc2C1. The third kappa shape index (κ3) is 4.19. The van der Waals surface area contributed by atoms with Gasteiger partial charge in [-0.1, -0.05) is 24.3 Å². The van der Waals surface area contributed by atoms with Crippen molar-refractivity contribution in [1.29, 1.82) is 0 Å². The van der Waals surface area contributed by atoms with E-state index in [-0.39, 0.29) is 18.5 Å². The molecule has 25 heavy (non-hydrogen) atoms. The third-order valence-electron chi connectivity index (χ3n) is 4.41. The quantitative estimate of drug-likeness (QED) is 0.857. The van der Waals surface area contributed by atoms with E-state index in [4.69, 9.17) is 4.74 Å². The first kappa shape index (κ1) is 17.9. The van der Waals surface area contributed by atoms with E-state index in [2.05, 4.69) is 4.72 Å². The number of benzene rings is 2. The zero-order chi connectivity index (χ0) is 18.0. The Balaban J connectivity index is 1.65. The van der Waals surface area contributed by atoms with E-state index >= 15 is 0 Å². The van der Waals surface area contributed by atoms with Crippen LogP contribution < -0.4 is 9.46 Å². The van der Waals surface area contributed by atoms with Crippen LogP contribution in [0.5, 0.6) is 5.75 Å². The van der Waals surface area contributed by atoms with E-state index in [1.54, 1.807) is 32.0 Å². The minimum absolute atomic E-state index is 0.121. The number of sulfonamides is 1. The average molecular weight is 363 g/mol. The number of rotatable bonds is 6. The Kier molecular flexibility index (Phi) is 5.11. The normalized spacial score (nSPS) is 16.9. The van der Waals surface area contributed by atoms with E-state index in [0.717, 1.165) is 11.1 Å². The van der Waals surface area contributed by atoms with Crippen LogP contribution in [-0.2, 0) is 29.5 Å². The van der Waals surface area contributed by atoms with Gasteiger partial charge in [0.15, 0.2) is 0 Å². The highest BCUT2D eigenvalue weighted by molar-refractivity contribution is 7.90. The molecule has 1 atom stereocenters. The maximum Gasteiger partial charge on any atom is 0.214 e. The van der Waals surface area contributed by atoms with E-state index in [0.29, 0.717) is 24.2 Å². The van der Waals surface area contributed by atoms with Gasteiger partial charge in [0, 0.05) is 11.6 Å². The van der Waals surface area contributed by atoms with Crippen molar-refractivity contribution >= 4 is 10.0 Å². The summed E-state index contributed by atoms with van der Waals surface area (Å²) in [6.07, 6.45) is 1.31. The van der Waals surface area contributed by atoms with Gasteiger partial charge in [0.25, 0.3) is 0 Å². The summed E-state index contributed by atoms with van der Waals surface area (Å²) in [7, 11) is -3.28. The second-order valence-electron chi connectivity index (χ2n) is 6.63. The number of nitrogens with one attached hydrogen (secondary N) is 1. The number of hydrogen-bond acceptors (Lipinski definition) is 3. The van der Waals surface area contributed by atoms with Crippen LogP contribution in [-0.4, -0.2) is 19.7 Å². The molecule has 0 saturated heterocycles. The van der Waals surface area contributed by atoms with Crippen molar-refractivity contribution in [1.82, 2.24) is 4.72 Å². The summed E-state index contributed by atoms with van der Waals surface area (Å²) in [5, 5.41) is -0.448. The van der Waals surface area contributed by atoms with Crippen molar-refractivity contribution in [3.63, 3.8) is 0 Å². The largest absolute Gasteiger partial charge is 0.489 e. The van der Waals surface area contributed by atoms with Crippen LogP contribution in [0.25, 0.3) is 0 Å². The minimum Gasteiger partial charge on any atom is -0.489 e. The van der Waals surface area contributed by atoms with E-state index in [9.17, 15) is 12.8 Å². The maximum atomic E-state index is 13.6. The molecule has 4 nitrogen and oxygen atoms in total. The second kappa shape index (κ2) is 7.14. The molecule has 0 amide bonds. The van der Waals surface area contributed by atoms with Crippen LogP contribution in [0, 0.1) is 5.82 Å². The average Bonchev–Trinajstić information content (AvgIpc) is 2.94. The molecule has 0 aliphatic heterocycles. The first-order valence-electron chi connectivity index (χ1n) is 8.34. The molecule has 2 aromatic carbocycles. The fraction of sp³-hybridized carbons (Fsp3) is 0.368. The van der Waals surface area contributed by atoms with Crippen molar-refractivity contribution in [2.45, 2.75) is 44.6 Å². The smallest absolute Gasteiger partial charge is 0.214 e. The van der Waals surface area contributed by atoms with Gasteiger partial charge in [-0.15, -0.1) is 0 Å². The highest BCUT2D eigenvalue weighted by Gasteiger charge is 2.27. The molecule has 0 heterocycles. The van der Waals surface area contributed by atoms with Crippen molar-refractivity contribution in [3.05, 3.63) is 65.0 Å². The van der Waals surface area contributed by atoms with Gasteiger partial charge < -0.3 is 4.74 Å². The van der Waals surface area contributed by atoms with E-state index < -0.39 is 15.3 Å². The Morgan fingerprint density at radius 2 is 1.88 bits per heavy atom. The lowest BCUT2D eigenvalue weighted by atomic mass is 10.1. The highest BCUT2D eigenvalue weighted by atomic mass is 32.2. The monoisotopic (exact) mass is 363 g/mol. The molecule has 0 saturated carbocycles. The van der Waals surface area contributed by atoms with E-state index in [1.807, 2.05) is 18.2 Å². The summed E-state index contributed by atoms with van der Waals surface area (Å²) in [6, 6.07) is 12.1. The Hall–Kier alpha value is -1.92. The van der Waals surface area contributed by atoms with Gasteiger partial charge in [-0.05, 0) is 56.0 Å². The lowest BCUT2D eigenvalue weighted by Crippen LogP contribution is -2.39. The van der Waals surface area contributed by atoms with Gasteiger partial charge in [-0.3, -0.25) is 0 Å². The summed E-state index contributed by atoms with van der Waals surface area (Å²) in [4.78, 5) is 0. The molecule has 0 bridgehead atoms. The zero-order valence-electron chi connectivity index (χ0n) is 14.3. The molecule has 3 rings (SSSR count). The molecule has 0 aromatic heterocycles. The molecular weight excluding hydrogens is 341 g/mol. The maximum absolute atomic E-state index is 13.6. The number of hydrogen-bond donors (Lipinski definition) is 1. The molecule has 0 radical (unpaired) electrons. The fourth-order valence-corrected chi connectivity index (χ4v) is 3.82. The first-order valence-corrected chi connectivity index (χ1v) is 9.89. The summed E-state index contributed by atoms with van der Waals surface area (Å²) in [5.41, 5.74) is 2.70. The zero-order valence-corrected chi connectivity index (χ0v) is 15.1. The van der Waals surface area contributed by atoms with Crippen molar-refractivity contribution in [2.75, 3.05) is 0 Å². The lowest BCUT2D eigenvalue weighted by Gasteiger charge is -2.14. The molecule has 0 fully saturated rings. The van der Waals surface area contributed by atoms with Crippen LogP contribution in [0.3, 0.4) is 0 Å². The summed E-state index contributed by atoms with van der Waals surface area (Å²) >= 11 is 0. The molecule has 1 N–H and O–H groups in total. The lowest BCUT2D eigenvalue weighted by molar-refractivity contribution is 0.299. The molecule has 6 heteroatoms. The van der Waals surface area contributed by atoms with E-state index in [1.165, 1.54) is 6.07 Å². The predicted octanol–water partition coefficient (Wildman–Crippen LogP) is 3.20. The number of fused-ring (bicyclic) bond motifs is 1. The molecular formula is C19H22FNO3S. The Bertz CT molecular complexity index is 865. The fourth-order valence-electron chi connectivity index (χ4n) is 2.91. The van der Waals surface area contributed by atoms with Gasteiger partial charge in [0.05, 0.1) is 5.25 Å². The molecule has 0 unspecified atom stereocenters. The minimum atomic E-state index is -3.28. The highest BCUT2D eigenvalue weighted by Crippen LogP contribution is 2.27. The predicted molar refractivity (Wildman–Crippen MR) is 95.6 cm³/mol. The molecule has 134 valence electrons. The Morgan fingerprint density at radius 3 is 2.60 bits per heavy atom. The molecule has 1 aliphatic rings. The van der Waals surface area contributed by atoms with Gasteiger partial charge in [-0.25, -0.2) is 17.5 Å². The van der Waals surface area contributed by atoms with Gasteiger partial charge in [-0.2, -0.15) is 0 Å². The van der Waals surface area contributed by atoms with Gasteiger partial charge >= 0.3 is 0 Å². The van der Waals surface area contributed by atoms with Crippen LogP contribution >= 0.6 is 0 Å². The van der Waals surface area contributed by atoms with Crippen LogP contribution in [0.4, 0.5) is 4.39 Å². The van der Waals surface area contributed by atoms with Crippen molar-refractivity contribution < 1.29 is 17.5 Å². The third-order valence-corrected chi connectivity index (χ3v) is 6.32. The summed E-state index contributed by atoms with van der Waals surface area (Å²) < 4.78 is 46.2. The molecule has 1 aliphatic carbocycles. The van der Waals surface area contributed by atoms with Crippen LogP contribution in [0.1, 0.15) is 30.5 Å². The summed E-state index contributed by atoms with van der Waals surface area (Å²) in [5.74, 6) is 0.376. The van der Waals surface area contributed by atoms with Gasteiger partial charge in [0.1, 0.15) is 18.2 Å². The molecule has 2 aromatic rings. The Morgan fingerprint density at radius 1 is 1.16 bits per heavy atom. The summed E-state index contributed by atoms with van der Waals surface area (Å²) in [6.45, 7) is 3.49. The van der Waals surface area contributed by atoms with Crippen LogP contribution in [0.2, 0.25) is 0 Å². The first-order chi connectivity index (χ1) is 11.8. The topological polar surface area (TPSA) is 55.4 Å². The van der Waals surface area contributed by atoms with Gasteiger partial charge in [0.2, 0.25) is 10.0 Å². The second-order valence-corrected chi connectivity index (χ2v) is 8.90. The van der Waals surface area contributed by atoms with Crippen molar-refractivity contribution in [2.24, 2.45) is 0 Å².